The van der Waals surface area contributed by atoms with Gasteiger partial charge in [-0.25, -0.2) is 4.98 Å². The zero-order chi connectivity index (χ0) is 16.4. The first-order chi connectivity index (χ1) is 11.0. The predicted octanol–water partition coefficient (Wildman–Crippen LogP) is 3.88. The summed E-state index contributed by atoms with van der Waals surface area (Å²) in [5.41, 5.74) is 7.91. The molecule has 23 heavy (non-hydrogen) atoms. The second-order valence-corrected chi connectivity index (χ2v) is 7.88. The van der Waals surface area contributed by atoms with E-state index in [0.717, 1.165) is 40.0 Å². The SMILES string of the molecule is CC(NC(=O)C1CCC(N)C1)c1nc(-c2ccc(Br)cc2)cs1. The van der Waals surface area contributed by atoms with Crippen LogP contribution in [0.1, 0.15) is 37.2 Å². The maximum Gasteiger partial charge on any atom is 0.223 e. The second-order valence-electron chi connectivity index (χ2n) is 6.08. The van der Waals surface area contributed by atoms with Crippen LogP contribution < -0.4 is 11.1 Å². The third-order valence-corrected chi connectivity index (χ3v) is 5.79. The zero-order valence-electron chi connectivity index (χ0n) is 13.0. The summed E-state index contributed by atoms with van der Waals surface area (Å²) in [4.78, 5) is 17.0. The van der Waals surface area contributed by atoms with E-state index in [1.54, 1.807) is 11.3 Å². The number of carbonyl (C=O) groups excluding carboxylic acids is 1. The van der Waals surface area contributed by atoms with Crippen molar-refractivity contribution in [2.75, 3.05) is 0 Å². The van der Waals surface area contributed by atoms with E-state index >= 15 is 0 Å². The maximum atomic E-state index is 12.3. The van der Waals surface area contributed by atoms with Crippen LogP contribution in [0.3, 0.4) is 0 Å². The highest BCUT2D eigenvalue weighted by molar-refractivity contribution is 9.10. The number of nitrogens with two attached hydrogens (primary N) is 1. The summed E-state index contributed by atoms with van der Waals surface area (Å²) in [7, 11) is 0. The summed E-state index contributed by atoms with van der Waals surface area (Å²) in [6.45, 7) is 1.98. The van der Waals surface area contributed by atoms with E-state index in [2.05, 4.69) is 26.2 Å². The van der Waals surface area contributed by atoms with Gasteiger partial charge in [-0.05, 0) is 38.3 Å². The number of hydrogen-bond donors (Lipinski definition) is 2. The van der Waals surface area contributed by atoms with Gasteiger partial charge < -0.3 is 11.1 Å². The number of carbonyl (C=O) groups is 1. The van der Waals surface area contributed by atoms with Crippen molar-refractivity contribution in [1.82, 2.24) is 10.3 Å². The minimum absolute atomic E-state index is 0.0540. The van der Waals surface area contributed by atoms with E-state index in [9.17, 15) is 4.79 Å². The Morgan fingerprint density at radius 2 is 2.13 bits per heavy atom. The van der Waals surface area contributed by atoms with Gasteiger partial charge in [-0.1, -0.05) is 28.1 Å². The van der Waals surface area contributed by atoms with E-state index in [1.165, 1.54) is 0 Å². The molecule has 0 saturated heterocycles. The molecule has 1 aliphatic carbocycles. The number of nitrogens with zero attached hydrogens (tertiary/aromatic N) is 1. The lowest BCUT2D eigenvalue weighted by Crippen LogP contribution is -2.32. The fourth-order valence-electron chi connectivity index (χ4n) is 2.89. The largest absolute Gasteiger partial charge is 0.347 e. The predicted molar refractivity (Wildman–Crippen MR) is 97.1 cm³/mol. The van der Waals surface area contributed by atoms with E-state index in [4.69, 9.17) is 5.73 Å². The van der Waals surface area contributed by atoms with Gasteiger partial charge >= 0.3 is 0 Å². The molecule has 6 heteroatoms. The molecule has 3 atom stereocenters. The van der Waals surface area contributed by atoms with Crippen molar-refractivity contribution in [2.45, 2.75) is 38.3 Å². The van der Waals surface area contributed by atoms with E-state index < -0.39 is 0 Å². The summed E-state index contributed by atoms with van der Waals surface area (Å²) >= 11 is 5.02. The van der Waals surface area contributed by atoms with Crippen LogP contribution >= 0.6 is 27.3 Å². The number of benzene rings is 1. The molecule has 0 spiro atoms. The van der Waals surface area contributed by atoms with Crippen molar-refractivity contribution in [1.29, 1.82) is 0 Å². The number of thiazole rings is 1. The Labute approximate surface area is 148 Å². The minimum atomic E-state index is -0.0754. The molecular formula is C17H20BrN3OS. The van der Waals surface area contributed by atoms with Crippen LogP contribution in [0.15, 0.2) is 34.1 Å². The summed E-state index contributed by atoms with van der Waals surface area (Å²) in [6, 6.07) is 8.17. The number of rotatable bonds is 4. The van der Waals surface area contributed by atoms with Crippen LogP contribution in [-0.2, 0) is 4.79 Å². The van der Waals surface area contributed by atoms with Gasteiger partial charge in [0.25, 0.3) is 0 Å². The molecule has 1 saturated carbocycles. The second kappa shape index (κ2) is 7.11. The van der Waals surface area contributed by atoms with Crippen LogP contribution in [-0.4, -0.2) is 16.9 Å². The van der Waals surface area contributed by atoms with Crippen molar-refractivity contribution < 1.29 is 4.79 Å². The van der Waals surface area contributed by atoms with Gasteiger partial charge in [0.05, 0.1) is 11.7 Å². The topological polar surface area (TPSA) is 68.0 Å². The molecule has 0 aliphatic heterocycles. The number of amides is 1. The molecule has 1 aromatic carbocycles. The van der Waals surface area contributed by atoms with Crippen molar-refractivity contribution in [3.05, 3.63) is 39.1 Å². The lowest BCUT2D eigenvalue weighted by molar-refractivity contribution is -0.125. The third kappa shape index (κ3) is 4.00. The summed E-state index contributed by atoms with van der Waals surface area (Å²) in [5, 5.41) is 6.04. The Morgan fingerprint density at radius 1 is 1.39 bits per heavy atom. The monoisotopic (exact) mass is 393 g/mol. The highest BCUT2D eigenvalue weighted by Gasteiger charge is 2.28. The average Bonchev–Trinajstić information content (AvgIpc) is 3.17. The van der Waals surface area contributed by atoms with Gasteiger partial charge in [-0.2, -0.15) is 0 Å². The molecule has 1 aromatic heterocycles. The van der Waals surface area contributed by atoms with Crippen LogP contribution in [0, 0.1) is 5.92 Å². The number of nitrogens with one attached hydrogen (secondary N) is 1. The van der Waals surface area contributed by atoms with Crippen molar-refractivity contribution in [3.8, 4) is 11.3 Å². The Balaban J connectivity index is 1.65. The normalized spacial score (nSPS) is 22.0. The molecule has 1 fully saturated rings. The van der Waals surface area contributed by atoms with Crippen LogP contribution in [0.2, 0.25) is 0 Å². The molecule has 4 nitrogen and oxygen atoms in total. The molecule has 3 unspecified atom stereocenters. The molecule has 1 aliphatic rings. The highest BCUT2D eigenvalue weighted by Crippen LogP contribution is 2.28. The standard InChI is InChI=1S/C17H20BrN3OS/c1-10(20-16(22)12-4-7-14(19)8-12)17-21-15(9-23-17)11-2-5-13(18)6-3-11/h2-3,5-6,9-10,12,14H,4,7-8,19H2,1H3,(H,20,22). The van der Waals surface area contributed by atoms with Gasteiger partial charge in [-0.15, -0.1) is 11.3 Å². The summed E-state index contributed by atoms with van der Waals surface area (Å²) < 4.78 is 1.05. The molecule has 1 amide bonds. The first-order valence-corrected chi connectivity index (χ1v) is 9.47. The number of halogens is 1. The molecule has 0 bridgehead atoms. The quantitative estimate of drug-likeness (QED) is 0.827. The summed E-state index contributed by atoms with van der Waals surface area (Å²) in [6.07, 6.45) is 2.62. The lowest BCUT2D eigenvalue weighted by Gasteiger charge is -2.15. The lowest BCUT2D eigenvalue weighted by atomic mass is 10.1. The first-order valence-electron chi connectivity index (χ1n) is 7.80. The Bertz CT molecular complexity index is 685. The molecular weight excluding hydrogens is 374 g/mol. The molecule has 3 rings (SSSR count). The van der Waals surface area contributed by atoms with Gasteiger partial charge in [0.15, 0.2) is 0 Å². The van der Waals surface area contributed by atoms with E-state index in [-0.39, 0.29) is 23.9 Å². The van der Waals surface area contributed by atoms with Crippen molar-refractivity contribution in [3.63, 3.8) is 0 Å². The van der Waals surface area contributed by atoms with Crippen molar-refractivity contribution in [2.24, 2.45) is 11.7 Å². The van der Waals surface area contributed by atoms with E-state index in [0.29, 0.717) is 0 Å². The molecule has 1 heterocycles. The number of hydrogen-bond acceptors (Lipinski definition) is 4. The zero-order valence-corrected chi connectivity index (χ0v) is 15.4. The fraction of sp³-hybridized carbons (Fsp3) is 0.412. The van der Waals surface area contributed by atoms with Crippen LogP contribution in [0.5, 0.6) is 0 Å². The fourth-order valence-corrected chi connectivity index (χ4v) is 3.99. The highest BCUT2D eigenvalue weighted by atomic mass is 79.9. The summed E-state index contributed by atoms with van der Waals surface area (Å²) in [5.74, 6) is 0.157. The van der Waals surface area contributed by atoms with Gasteiger partial charge in [0.1, 0.15) is 5.01 Å². The Morgan fingerprint density at radius 3 is 2.78 bits per heavy atom. The molecule has 2 aromatic rings. The Kier molecular flexibility index (Phi) is 5.14. The van der Waals surface area contributed by atoms with Gasteiger partial charge in [-0.3, -0.25) is 4.79 Å². The van der Waals surface area contributed by atoms with Gasteiger partial charge in [0.2, 0.25) is 5.91 Å². The third-order valence-electron chi connectivity index (χ3n) is 4.24. The maximum absolute atomic E-state index is 12.3. The van der Waals surface area contributed by atoms with Gasteiger partial charge in [0, 0.05) is 27.4 Å². The van der Waals surface area contributed by atoms with Crippen LogP contribution in [0.4, 0.5) is 0 Å². The first kappa shape index (κ1) is 16.6. The van der Waals surface area contributed by atoms with Crippen LogP contribution in [0.25, 0.3) is 11.3 Å². The average molecular weight is 394 g/mol. The Hall–Kier alpha value is -1.24. The van der Waals surface area contributed by atoms with E-state index in [1.807, 2.05) is 36.6 Å². The van der Waals surface area contributed by atoms with Crippen molar-refractivity contribution >= 4 is 33.2 Å². The smallest absolute Gasteiger partial charge is 0.223 e. The molecule has 0 radical (unpaired) electrons. The molecule has 122 valence electrons. The molecule has 3 N–H and O–H groups in total. The minimum Gasteiger partial charge on any atom is -0.347 e. The number of aromatic nitrogens is 1.